The number of benzene rings is 2. The van der Waals surface area contributed by atoms with E-state index in [1.165, 1.54) is 23.5 Å². The number of carbonyl (C=O) groups excluding carboxylic acids is 2. The van der Waals surface area contributed by atoms with Gasteiger partial charge in [0, 0.05) is 18.8 Å². The van der Waals surface area contributed by atoms with Gasteiger partial charge in [0.05, 0.1) is 17.8 Å². The Hall–Kier alpha value is -3.03. The molecule has 0 saturated carbocycles. The van der Waals surface area contributed by atoms with E-state index in [-0.39, 0.29) is 24.1 Å². The third-order valence-electron chi connectivity index (χ3n) is 4.70. The number of halogens is 1. The van der Waals surface area contributed by atoms with Crippen molar-refractivity contribution in [3.05, 3.63) is 87.9 Å². The highest BCUT2D eigenvalue weighted by molar-refractivity contribution is 7.12. The molecule has 7 heteroatoms. The summed E-state index contributed by atoms with van der Waals surface area (Å²) in [7, 11) is 3.91. The van der Waals surface area contributed by atoms with Crippen LogP contribution in [0.3, 0.4) is 0 Å². The van der Waals surface area contributed by atoms with Crippen molar-refractivity contribution in [3.8, 4) is 0 Å². The summed E-state index contributed by atoms with van der Waals surface area (Å²) >= 11 is 1.37. The molecule has 1 N–H and O–H groups in total. The van der Waals surface area contributed by atoms with Crippen molar-refractivity contribution in [1.82, 2.24) is 10.2 Å². The van der Waals surface area contributed by atoms with E-state index in [1.54, 1.807) is 23.1 Å². The number of rotatable bonds is 9. The number of nitrogens with zero attached hydrogens (tertiary/aromatic N) is 2. The van der Waals surface area contributed by atoms with Crippen LogP contribution in [0.4, 0.5) is 10.1 Å². The predicted molar refractivity (Wildman–Crippen MR) is 123 cm³/mol. The third kappa shape index (κ3) is 6.73. The summed E-state index contributed by atoms with van der Waals surface area (Å²) in [6.45, 7) is 1.65. The van der Waals surface area contributed by atoms with Gasteiger partial charge in [0.25, 0.3) is 5.91 Å². The lowest BCUT2D eigenvalue weighted by Crippen LogP contribution is -2.32. The summed E-state index contributed by atoms with van der Waals surface area (Å²) in [6, 6.07) is 17.2. The van der Waals surface area contributed by atoms with Crippen LogP contribution < -0.4 is 10.2 Å². The van der Waals surface area contributed by atoms with E-state index in [0.717, 1.165) is 17.7 Å². The fourth-order valence-electron chi connectivity index (χ4n) is 3.09. The first kappa shape index (κ1) is 22.7. The highest BCUT2D eigenvalue weighted by Crippen LogP contribution is 2.24. The number of likely N-dealkylation sites (N-methyl/N-ethyl adjacent to an activating group) is 1. The SMILES string of the molecule is CN(C)CCNC(=O)Cc1cccc(N(Cc2ccc(F)cc2)C(=O)c2cccs2)c1. The van der Waals surface area contributed by atoms with Crippen LogP contribution in [0.25, 0.3) is 0 Å². The zero-order valence-corrected chi connectivity index (χ0v) is 18.5. The first-order valence-electron chi connectivity index (χ1n) is 10.0. The number of anilines is 1. The van der Waals surface area contributed by atoms with Crippen molar-refractivity contribution in [2.24, 2.45) is 0 Å². The summed E-state index contributed by atoms with van der Waals surface area (Å²) in [4.78, 5) is 29.8. The first-order valence-corrected chi connectivity index (χ1v) is 10.9. The molecule has 0 radical (unpaired) electrons. The van der Waals surface area contributed by atoms with E-state index in [2.05, 4.69) is 5.32 Å². The molecule has 31 heavy (non-hydrogen) atoms. The number of hydrogen-bond donors (Lipinski definition) is 1. The second-order valence-corrected chi connectivity index (χ2v) is 8.44. The fourth-order valence-corrected chi connectivity index (χ4v) is 3.76. The predicted octanol–water partition coefficient (Wildman–Crippen LogP) is 3.95. The summed E-state index contributed by atoms with van der Waals surface area (Å²) in [5.41, 5.74) is 2.34. The van der Waals surface area contributed by atoms with Crippen LogP contribution in [-0.2, 0) is 17.8 Å². The molecule has 0 atom stereocenters. The van der Waals surface area contributed by atoms with E-state index in [9.17, 15) is 14.0 Å². The van der Waals surface area contributed by atoms with Gasteiger partial charge in [-0.3, -0.25) is 9.59 Å². The number of nitrogens with one attached hydrogen (secondary N) is 1. The number of carbonyl (C=O) groups is 2. The van der Waals surface area contributed by atoms with Crippen LogP contribution in [0.15, 0.2) is 66.0 Å². The van der Waals surface area contributed by atoms with E-state index in [4.69, 9.17) is 0 Å². The maximum absolute atomic E-state index is 13.3. The van der Waals surface area contributed by atoms with Gasteiger partial charge in [0.2, 0.25) is 5.91 Å². The maximum Gasteiger partial charge on any atom is 0.268 e. The molecule has 162 valence electrons. The minimum absolute atomic E-state index is 0.0614. The van der Waals surface area contributed by atoms with Crippen molar-refractivity contribution in [2.75, 3.05) is 32.1 Å². The quantitative estimate of drug-likeness (QED) is 0.549. The molecule has 0 spiro atoms. The van der Waals surface area contributed by atoms with Crippen molar-refractivity contribution in [2.45, 2.75) is 13.0 Å². The Morgan fingerprint density at radius 2 is 1.77 bits per heavy atom. The summed E-state index contributed by atoms with van der Waals surface area (Å²) in [5, 5.41) is 4.77. The van der Waals surface area contributed by atoms with Crippen molar-refractivity contribution in [3.63, 3.8) is 0 Å². The molecule has 2 aromatic carbocycles. The van der Waals surface area contributed by atoms with E-state index >= 15 is 0 Å². The second-order valence-electron chi connectivity index (χ2n) is 7.49. The number of thiophene rings is 1. The van der Waals surface area contributed by atoms with E-state index in [0.29, 0.717) is 23.7 Å². The maximum atomic E-state index is 13.3. The van der Waals surface area contributed by atoms with Gasteiger partial charge in [-0.05, 0) is 60.9 Å². The second kappa shape index (κ2) is 10.8. The Labute approximate surface area is 186 Å². The lowest BCUT2D eigenvalue weighted by Gasteiger charge is -2.23. The van der Waals surface area contributed by atoms with Gasteiger partial charge >= 0.3 is 0 Å². The Kier molecular flexibility index (Phi) is 7.92. The molecule has 5 nitrogen and oxygen atoms in total. The molecule has 0 saturated heterocycles. The molecular formula is C24H26FN3O2S. The topological polar surface area (TPSA) is 52.7 Å². The van der Waals surface area contributed by atoms with Crippen molar-refractivity contribution in [1.29, 1.82) is 0 Å². The van der Waals surface area contributed by atoms with E-state index < -0.39 is 0 Å². The normalized spacial score (nSPS) is 10.8. The van der Waals surface area contributed by atoms with Crippen molar-refractivity contribution >= 4 is 28.8 Å². The zero-order chi connectivity index (χ0) is 22.2. The van der Waals surface area contributed by atoms with Crippen LogP contribution >= 0.6 is 11.3 Å². The standard InChI is InChI=1S/C24H26FN3O2S/c1-27(2)13-12-26-23(29)16-19-5-3-6-21(15-19)28(24(30)22-7-4-14-31-22)17-18-8-10-20(25)11-9-18/h3-11,14-15H,12-13,16-17H2,1-2H3,(H,26,29). The molecule has 0 fully saturated rings. The highest BCUT2D eigenvalue weighted by atomic mass is 32.1. The Morgan fingerprint density at radius 3 is 2.45 bits per heavy atom. The smallest absolute Gasteiger partial charge is 0.268 e. The fraction of sp³-hybridized carbons (Fsp3) is 0.250. The van der Waals surface area contributed by atoms with Gasteiger partial charge in [0.15, 0.2) is 0 Å². The largest absolute Gasteiger partial charge is 0.355 e. The van der Waals surface area contributed by atoms with Gasteiger partial charge in [-0.25, -0.2) is 4.39 Å². The van der Waals surface area contributed by atoms with Crippen LogP contribution in [0, 0.1) is 5.82 Å². The van der Waals surface area contributed by atoms with Gasteiger partial charge < -0.3 is 15.1 Å². The van der Waals surface area contributed by atoms with Gasteiger partial charge in [-0.15, -0.1) is 11.3 Å². The molecule has 0 aliphatic carbocycles. The molecule has 2 amide bonds. The molecule has 3 rings (SSSR count). The third-order valence-corrected chi connectivity index (χ3v) is 5.56. The molecule has 0 aliphatic heterocycles. The van der Waals surface area contributed by atoms with Crippen LogP contribution in [0.2, 0.25) is 0 Å². The number of hydrogen-bond acceptors (Lipinski definition) is 4. The number of amides is 2. The van der Waals surface area contributed by atoms with Gasteiger partial charge in [-0.1, -0.05) is 30.3 Å². The Bertz CT molecular complexity index is 1000. The minimum Gasteiger partial charge on any atom is -0.355 e. The van der Waals surface area contributed by atoms with Gasteiger partial charge in [-0.2, -0.15) is 0 Å². The Balaban J connectivity index is 1.80. The lowest BCUT2D eigenvalue weighted by atomic mass is 10.1. The highest BCUT2D eigenvalue weighted by Gasteiger charge is 2.20. The molecular weight excluding hydrogens is 413 g/mol. The monoisotopic (exact) mass is 439 g/mol. The van der Waals surface area contributed by atoms with Crippen LogP contribution in [0.5, 0.6) is 0 Å². The summed E-state index contributed by atoms with van der Waals surface area (Å²) in [5.74, 6) is -0.511. The summed E-state index contributed by atoms with van der Waals surface area (Å²) in [6.07, 6.45) is 0.235. The molecule has 0 bridgehead atoms. The summed E-state index contributed by atoms with van der Waals surface area (Å²) < 4.78 is 13.3. The van der Waals surface area contributed by atoms with Gasteiger partial charge in [0.1, 0.15) is 5.82 Å². The first-order chi connectivity index (χ1) is 14.9. The molecule has 1 aromatic heterocycles. The average molecular weight is 440 g/mol. The molecule has 0 aliphatic rings. The average Bonchev–Trinajstić information content (AvgIpc) is 3.28. The van der Waals surface area contributed by atoms with Crippen LogP contribution in [-0.4, -0.2) is 43.9 Å². The zero-order valence-electron chi connectivity index (χ0n) is 17.7. The minimum atomic E-state index is -0.317. The van der Waals surface area contributed by atoms with Crippen molar-refractivity contribution < 1.29 is 14.0 Å². The molecule has 0 unspecified atom stereocenters. The van der Waals surface area contributed by atoms with Crippen LogP contribution in [0.1, 0.15) is 20.8 Å². The Morgan fingerprint density at radius 1 is 1.00 bits per heavy atom. The lowest BCUT2D eigenvalue weighted by molar-refractivity contribution is -0.120. The molecule has 1 heterocycles. The molecule has 3 aromatic rings. The van der Waals surface area contributed by atoms with E-state index in [1.807, 2.05) is 54.7 Å².